The van der Waals surface area contributed by atoms with Gasteiger partial charge in [0, 0.05) is 20.3 Å². The van der Waals surface area contributed by atoms with Crippen LogP contribution in [-0.2, 0) is 13.6 Å². The molecule has 0 fully saturated rings. The van der Waals surface area contributed by atoms with Crippen LogP contribution in [0, 0.1) is 5.41 Å². The van der Waals surface area contributed by atoms with Crippen LogP contribution in [0.25, 0.3) is 0 Å². The molecule has 1 heterocycles. The molecule has 0 spiro atoms. The molecule has 1 aromatic rings. The van der Waals surface area contributed by atoms with Crippen molar-refractivity contribution in [3.05, 3.63) is 18.0 Å². The van der Waals surface area contributed by atoms with Crippen LogP contribution >= 0.6 is 0 Å². The van der Waals surface area contributed by atoms with Crippen molar-refractivity contribution in [2.24, 2.45) is 7.05 Å². The topological polar surface area (TPSA) is 44.9 Å². The number of nitrogens with zero attached hydrogens (tertiary/aromatic N) is 3. The van der Waals surface area contributed by atoms with Gasteiger partial charge < -0.3 is 4.90 Å². The van der Waals surface area contributed by atoms with Crippen molar-refractivity contribution in [1.29, 1.82) is 5.41 Å². The largest absolute Gasteiger partial charge is 0.358 e. The third-order valence-corrected chi connectivity index (χ3v) is 1.89. The molecule has 0 atom stereocenters. The Balaban J connectivity index is 2.64. The minimum atomic E-state index is 0.566. The van der Waals surface area contributed by atoms with Gasteiger partial charge in [-0.15, -0.1) is 0 Å². The lowest BCUT2D eigenvalue weighted by atomic mass is 10.4. The molecule has 1 aromatic heterocycles. The number of hydrogen-bond donors (Lipinski definition) is 1. The van der Waals surface area contributed by atoms with Crippen molar-refractivity contribution in [1.82, 2.24) is 14.7 Å². The molecule has 0 amide bonds. The number of aryl methyl sites for hydroxylation is 1. The van der Waals surface area contributed by atoms with Crippen molar-refractivity contribution in [3.8, 4) is 0 Å². The Morgan fingerprint density at radius 1 is 1.75 bits per heavy atom. The molecule has 0 saturated carbocycles. The molecule has 4 nitrogen and oxygen atoms in total. The summed E-state index contributed by atoms with van der Waals surface area (Å²) in [4.78, 5) is 1.87. The molecule has 0 aliphatic rings. The van der Waals surface area contributed by atoms with Gasteiger partial charge in [0.2, 0.25) is 0 Å². The molecule has 66 valence electrons. The summed E-state index contributed by atoms with van der Waals surface area (Å²) >= 11 is 0. The Morgan fingerprint density at radius 3 is 2.83 bits per heavy atom. The van der Waals surface area contributed by atoms with Gasteiger partial charge in [-0.3, -0.25) is 10.1 Å². The molecule has 0 bridgehead atoms. The lowest BCUT2D eigenvalue weighted by Gasteiger charge is -2.16. The fourth-order valence-corrected chi connectivity index (χ4v) is 0.918. The van der Waals surface area contributed by atoms with Crippen LogP contribution in [-0.4, -0.2) is 27.6 Å². The smallest absolute Gasteiger partial charge is 0.0926 e. The van der Waals surface area contributed by atoms with Crippen LogP contribution in [0.3, 0.4) is 0 Å². The molecular weight excluding hydrogens is 152 g/mol. The molecule has 4 heteroatoms. The first kappa shape index (κ1) is 8.77. The van der Waals surface area contributed by atoms with Crippen LogP contribution in [0.15, 0.2) is 12.3 Å². The molecule has 0 radical (unpaired) electrons. The average Bonchev–Trinajstić information content (AvgIpc) is 2.36. The summed E-state index contributed by atoms with van der Waals surface area (Å²) in [7, 11) is 3.80. The predicted octanol–water partition coefficient (Wildman–Crippen LogP) is 0.849. The molecule has 1 N–H and O–H groups in total. The van der Waals surface area contributed by atoms with Gasteiger partial charge in [0.25, 0.3) is 0 Å². The van der Waals surface area contributed by atoms with Gasteiger partial charge in [-0.2, -0.15) is 5.10 Å². The van der Waals surface area contributed by atoms with Gasteiger partial charge in [-0.25, -0.2) is 0 Å². The Hall–Kier alpha value is -1.32. The Bertz CT molecular complexity index is 276. The second-order valence-corrected chi connectivity index (χ2v) is 2.89. The predicted molar refractivity (Wildman–Crippen MR) is 48.1 cm³/mol. The molecule has 0 saturated heterocycles. The van der Waals surface area contributed by atoms with E-state index in [0.29, 0.717) is 5.84 Å². The van der Waals surface area contributed by atoms with E-state index < -0.39 is 0 Å². The highest BCUT2D eigenvalue weighted by atomic mass is 15.3. The Morgan fingerprint density at radius 2 is 2.42 bits per heavy atom. The summed E-state index contributed by atoms with van der Waals surface area (Å²) in [6.45, 7) is 2.52. The molecule has 0 aromatic carbocycles. The van der Waals surface area contributed by atoms with Crippen LogP contribution < -0.4 is 0 Å². The van der Waals surface area contributed by atoms with E-state index in [1.54, 1.807) is 13.1 Å². The number of hydrogen-bond acceptors (Lipinski definition) is 2. The second kappa shape index (κ2) is 3.38. The molecule has 0 unspecified atom stereocenters. The van der Waals surface area contributed by atoms with E-state index in [-0.39, 0.29) is 0 Å². The van der Waals surface area contributed by atoms with Crippen LogP contribution in [0.4, 0.5) is 0 Å². The minimum absolute atomic E-state index is 0.566. The summed E-state index contributed by atoms with van der Waals surface area (Å²) in [5.74, 6) is 0.566. The van der Waals surface area contributed by atoms with Gasteiger partial charge in [-0.05, 0) is 13.0 Å². The van der Waals surface area contributed by atoms with E-state index in [2.05, 4.69) is 5.10 Å². The lowest BCUT2D eigenvalue weighted by Crippen LogP contribution is -2.23. The van der Waals surface area contributed by atoms with Crippen molar-refractivity contribution in [3.63, 3.8) is 0 Å². The zero-order valence-corrected chi connectivity index (χ0v) is 7.70. The maximum atomic E-state index is 7.37. The van der Waals surface area contributed by atoms with E-state index in [4.69, 9.17) is 5.41 Å². The summed E-state index contributed by atoms with van der Waals surface area (Å²) in [6, 6.07) is 1.96. The lowest BCUT2D eigenvalue weighted by molar-refractivity contribution is 0.470. The molecule has 0 aliphatic heterocycles. The first-order valence-corrected chi connectivity index (χ1v) is 3.84. The highest BCUT2D eigenvalue weighted by Crippen LogP contribution is 2.00. The van der Waals surface area contributed by atoms with Crippen molar-refractivity contribution in [2.45, 2.75) is 13.5 Å². The molecule has 1 rings (SSSR count). The zero-order valence-electron chi connectivity index (χ0n) is 7.70. The van der Waals surface area contributed by atoms with Crippen molar-refractivity contribution >= 4 is 5.84 Å². The van der Waals surface area contributed by atoms with Crippen molar-refractivity contribution < 1.29 is 0 Å². The first-order valence-electron chi connectivity index (χ1n) is 3.84. The van der Waals surface area contributed by atoms with E-state index in [1.165, 1.54) is 0 Å². The van der Waals surface area contributed by atoms with E-state index >= 15 is 0 Å². The molecular formula is C8H14N4. The monoisotopic (exact) mass is 166 g/mol. The quantitative estimate of drug-likeness (QED) is 0.523. The van der Waals surface area contributed by atoms with Gasteiger partial charge in [0.05, 0.1) is 18.1 Å². The summed E-state index contributed by atoms with van der Waals surface area (Å²) in [6.07, 6.45) is 1.77. The standard InChI is InChI=1S/C8H14N4/c1-7(9)11(2)6-8-4-5-10-12(8)3/h4-5,9H,6H2,1-3H3. The Kier molecular flexibility index (Phi) is 2.47. The normalized spacial score (nSPS) is 9.92. The molecule has 12 heavy (non-hydrogen) atoms. The van der Waals surface area contributed by atoms with Gasteiger partial charge in [-0.1, -0.05) is 0 Å². The highest BCUT2D eigenvalue weighted by molar-refractivity contribution is 5.75. The Labute approximate surface area is 72.3 Å². The third kappa shape index (κ3) is 1.84. The van der Waals surface area contributed by atoms with E-state index in [1.807, 2.05) is 29.7 Å². The number of nitrogens with one attached hydrogen (secondary N) is 1. The van der Waals surface area contributed by atoms with Crippen LogP contribution in [0.1, 0.15) is 12.6 Å². The van der Waals surface area contributed by atoms with Crippen LogP contribution in [0.5, 0.6) is 0 Å². The fraction of sp³-hybridized carbons (Fsp3) is 0.500. The van der Waals surface area contributed by atoms with Gasteiger partial charge in [0.1, 0.15) is 0 Å². The average molecular weight is 166 g/mol. The van der Waals surface area contributed by atoms with Gasteiger partial charge >= 0.3 is 0 Å². The summed E-state index contributed by atoms with van der Waals surface area (Å²) in [5, 5.41) is 11.4. The maximum Gasteiger partial charge on any atom is 0.0926 e. The van der Waals surface area contributed by atoms with Crippen LogP contribution in [0.2, 0.25) is 0 Å². The fourth-order valence-electron chi connectivity index (χ4n) is 0.918. The number of aromatic nitrogens is 2. The van der Waals surface area contributed by atoms with Gasteiger partial charge in [0.15, 0.2) is 0 Å². The SMILES string of the molecule is CC(=N)N(C)Cc1ccnn1C. The molecule has 0 aliphatic carbocycles. The van der Waals surface area contributed by atoms with Crippen molar-refractivity contribution in [2.75, 3.05) is 7.05 Å². The zero-order chi connectivity index (χ0) is 9.14. The number of rotatable bonds is 2. The minimum Gasteiger partial charge on any atom is -0.358 e. The first-order chi connectivity index (χ1) is 5.61. The highest BCUT2D eigenvalue weighted by Gasteiger charge is 2.02. The third-order valence-electron chi connectivity index (χ3n) is 1.89. The summed E-state index contributed by atoms with van der Waals surface area (Å²) in [5.41, 5.74) is 1.11. The number of amidine groups is 1. The summed E-state index contributed by atoms with van der Waals surface area (Å²) < 4.78 is 1.82. The van der Waals surface area contributed by atoms with E-state index in [9.17, 15) is 0 Å². The second-order valence-electron chi connectivity index (χ2n) is 2.89. The van der Waals surface area contributed by atoms with E-state index in [0.717, 1.165) is 12.2 Å². The maximum absolute atomic E-state index is 7.37.